The van der Waals surface area contributed by atoms with Crippen molar-refractivity contribution in [2.75, 3.05) is 32.8 Å². The third-order valence-corrected chi connectivity index (χ3v) is 5.20. The quantitative estimate of drug-likeness (QED) is 0.895. The van der Waals surface area contributed by atoms with Gasteiger partial charge in [0.2, 0.25) is 0 Å². The van der Waals surface area contributed by atoms with Gasteiger partial charge in [-0.2, -0.15) is 0 Å². The van der Waals surface area contributed by atoms with E-state index < -0.39 is 0 Å². The van der Waals surface area contributed by atoms with Crippen molar-refractivity contribution in [3.05, 3.63) is 28.2 Å². The molecular weight excluding hydrogens is 328 g/mol. The predicted octanol–water partition coefficient (Wildman–Crippen LogP) is 3.59. The van der Waals surface area contributed by atoms with Crippen molar-refractivity contribution in [2.45, 2.75) is 32.2 Å². The van der Waals surface area contributed by atoms with Crippen LogP contribution in [0.1, 0.15) is 37.8 Å². The van der Waals surface area contributed by atoms with Crippen LogP contribution in [0.2, 0.25) is 0 Å². The Bertz CT molecular complexity index is 472. The average Bonchev–Trinajstić information content (AvgIpc) is 2.50. The van der Waals surface area contributed by atoms with Gasteiger partial charge < -0.3 is 15.0 Å². The summed E-state index contributed by atoms with van der Waals surface area (Å²) >= 11 is 3.56. The Morgan fingerprint density at radius 2 is 2.10 bits per heavy atom. The van der Waals surface area contributed by atoms with Crippen molar-refractivity contribution in [3.63, 3.8) is 0 Å². The summed E-state index contributed by atoms with van der Waals surface area (Å²) in [5.41, 5.74) is 1.29. The molecule has 0 saturated carbocycles. The summed E-state index contributed by atoms with van der Waals surface area (Å²) in [5, 5.41) is 3.72. The van der Waals surface area contributed by atoms with Crippen molar-refractivity contribution in [3.8, 4) is 5.75 Å². The average molecular weight is 353 g/mol. The highest BCUT2D eigenvalue weighted by Gasteiger charge is 2.22. The second kappa shape index (κ2) is 7.12. The highest BCUT2D eigenvalue weighted by molar-refractivity contribution is 9.10. The van der Waals surface area contributed by atoms with Crippen LogP contribution in [-0.2, 0) is 0 Å². The predicted molar refractivity (Wildman–Crippen MR) is 89.8 cm³/mol. The van der Waals surface area contributed by atoms with E-state index in [0.29, 0.717) is 6.04 Å². The van der Waals surface area contributed by atoms with Crippen LogP contribution < -0.4 is 10.1 Å². The Balaban J connectivity index is 1.51. The first-order valence-electron chi connectivity index (χ1n) is 8.10. The normalized spacial score (nSPS) is 23.6. The number of nitrogens with one attached hydrogen (secondary N) is 1. The lowest BCUT2D eigenvalue weighted by atomic mass is 9.99. The van der Waals surface area contributed by atoms with Crippen LogP contribution in [0, 0.1) is 5.92 Å². The van der Waals surface area contributed by atoms with Crippen molar-refractivity contribution >= 4 is 15.9 Å². The molecule has 1 aromatic carbocycles. The lowest BCUT2D eigenvalue weighted by Gasteiger charge is -2.32. The molecule has 0 bridgehead atoms. The van der Waals surface area contributed by atoms with E-state index in [4.69, 9.17) is 4.74 Å². The maximum Gasteiger partial charge on any atom is 0.124 e. The van der Waals surface area contributed by atoms with Gasteiger partial charge in [-0.15, -0.1) is 0 Å². The molecule has 1 N–H and O–H groups in total. The van der Waals surface area contributed by atoms with Crippen LogP contribution in [0.25, 0.3) is 0 Å². The molecule has 0 amide bonds. The van der Waals surface area contributed by atoms with Crippen molar-refractivity contribution < 1.29 is 4.74 Å². The lowest BCUT2D eigenvalue weighted by molar-refractivity contribution is 0.187. The number of halogens is 1. The van der Waals surface area contributed by atoms with Crippen molar-refractivity contribution in [1.29, 1.82) is 0 Å². The van der Waals surface area contributed by atoms with Crippen LogP contribution >= 0.6 is 15.9 Å². The molecule has 2 aliphatic rings. The van der Waals surface area contributed by atoms with Gasteiger partial charge in [-0.3, -0.25) is 0 Å². The molecule has 1 aromatic rings. The third kappa shape index (κ3) is 3.99. The minimum atomic E-state index is 0.426. The molecule has 3 nitrogen and oxygen atoms in total. The van der Waals surface area contributed by atoms with Gasteiger partial charge in [-0.1, -0.05) is 22.9 Å². The first-order valence-corrected chi connectivity index (χ1v) is 8.89. The van der Waals surface area contributed by atoms with Crippen molar-refractivity contribution in [1.82, 2.24) is 10.2 Å². The Morgan fingerprint density at radius 3 is 2.90 bits per heavy atom. The number of likely N-dealkylation sites (tertiary alicyclic amines) is 1. The number of hydrogen-bond acceptors (Lipinski definition) is 3. The van der Waals surface area contributed by atoms with Gasteiger partial charge in [0.05, 0.1) is 6.61 Å². The largest absolute Gasteiger partial charge is 0.493 e. The molecule has 1 saturated heterocycles. The summed E-state index contributed by atoms with van der Waals surface area (Å²) in [5.74, 6) is 1.95. The van der Waals surface area contributed by atoms with Gasteiger partial charge in [0, 0.05) is 35.6 Å². The Kier molecular flexibility index (Phi) is 5.19. The molecule has 1 atom stereocenters. The molecule has 0 spiro atoms. The number of benzene rings is 1. The molecule has 0 aliphatic carbocycles. The Labute approximate surface area is 136 Å². The molecule has 0 aromatic heterocycles. The topological polar surface area (TPSA) is 24.5 Å². The van der Waals surface area contributed by atoms with Crippen LogP contribution in [-0.4, -0.2) is 37.7 Å². The third-order valence-electron chi connectivity index (χ3n) is 4.71. The first-order chi connectivity index (χ1) is 10.2. The number of nitrogens with zero attached hydrogens (tertiary/aromatic N) is 1. The molecule has 21 heavy (non-hydrogen) atoms. The Morgan fingerprint density at radius 1 is 1.29 bits per heavy atom. The van der Waals surface area contributed by atoms with E-state index in [2.05, 4.69) is 51.3 Å². The molecule has 3 rings (SSSR count). The molecule has 1 unspecified atom stereocenters. The summed E-state index contributed by atoms with van der Waals surface area (Å²) in [6.45, 7) is 7.93. The minimum Gasteiger partial charge on any atom is -0.493 e. The smallest absolute Gasteiger partial charge is 0.124 e. The molecule has 116 valence electrons. The maximum atomic E-state index is 5.75. The molecular formula is C17H25BrN2O. The summed E-state index contributed by atoms with van der Waals surface area (Å²) < 4.78 is 6.87. The van der Waals surface area contributed by atoms with E-state index in [1.54, 1.807) is 0 Å². The summed E-state index contributed by atoms with van der Waals surface area (Å²) in [4.78, 5) is 2.59. The van der Waals surface area contributed by atoms with Crippen LogP contribution in [0.15, 0.2) is 22.7 Å². The van der Waals surface area contributed by atoms with E-state index in [1.165, 1.54) is 31.5 Å². The van der Waals surface area contributed by atoms with E-state index in [1.807, 2.05) is 0 Å². The van der Waals surface area contributed by atoms with E-state index >= 15 is 0 Å². The fraction of sp³-hybridized carbons (Fsp3) is 0.647. The zero-order valence-corrected chi connectivity index (χ0v) is 14.4. The summed E-state index contributed by atoms with van der Waals surface area (Å²) in [7, 11) is 0. The monoisotopic (exact) mass is 352 g/mol. The number of piperidine rings is 1. The number of ether oxygens (including phenoxy) is 1. The van der Waals surface area contributed by atoms with Crippen LogP contribution in [0.3, 0.4) is 0 Å². The van der Waals surface area contributed by atoms with E-state index in [-0.39, 0.29) is 0 Å². The number of fused-ring (bicyclic) bond motifs is 1. The fourth-order valence-corrected chi connectivity index (χ4v) is 3.64. The summed E-state index contributed by atoms with van der Waals surface area (Å²) in [6.07, 6.45) is 3.76. The highest BCUT2D eigenvalue weighted by atomic mass is 79.9. The van der Waals surface area contributed by atoms with Crippen LogP contribution in [0.5, 0.6) is 5.75 Å². The molecule has 0 radical (unpaired) electrons. The summed E-state index contributed by atoms with van der Waals surface area (Å²) in [6, 6.07) is 6.74. The molecule has 2 aliphatic heterocycles. The SMILES string of the molecule is CC1CCN(CCNC2CCOc3ccc(Br)cc32)CC1. The van der Waals surface area contributed by atoms with E-state index in [0.717, 1.165) is 42.3 Å². The van der Waals surface area contributed by atoms with Gasteiger partial charge in [0.15, 0.2) is 0 Å². The minimum absolute atomic E-state index is 0.426. The fourth-order valence-electron chi connectivity index (χ4n) is 3.26. The number of rotatable bonds is 4. The zero-order valence-electron chi connectivity index (χ0n) is 12.8. The first kappa shape index (κ1) is 15.3. The molecule has 2 heterocycles. The Hall–Kier alpha value is -0.580. The molecule has 4 heteroatoms. The highest BCUT2D eigenvalue weighted by Crippen LogP contribution is 2.33. The van der Waals surface area contributed by atoms with Gasteiger partial charge in [0.25, 0.3) is 0 Å². The van der Waals surface area contributed by atoms with E-state index in [9.17, 15) is 0 Å². The molecule has 1 fully saturated rings. The number of hydrogen-bond donors (Lipinski definition) is 1. The van der Waals surface area contributed by atoms with Gasteiger partial charge in [0.1, 0.15) is 5.75 Å². The second-order valence-electron chi connectivity index (χ2n) is 6.35. The van der Waals surface area contributed by atoms with Gasteiger partial charge in [-0.05, 0) is 50.0 Å². The zero-order chi connectivity index (χ0) is 14.7. The maximum absolute atomic E-state index is 5.75. The van der Waals surface area contributed by atoms with Crippen molar-refractivity contribution in [2.24, 2.45) is 5.92 Å². The lowest BCUT2D eigenvalue weighted by Crippen LogP contribution is -2.39. The second-order valence-corrected chi connectivity index (χ2v) is 7.27. The van der Waals surface area contributed by atoms with Crippen LogP contribution in [0.4, 0.5) is 0 Å². The standard InChI is InChI=1S/C17H25BrN2O/c1-13-4-8-20(9-5-13)10-7-19-16-6-11-21-17-3-2-14(18)12-15(16)17/h2-3,12-13,16,19H,4-11H2,1H3. The van der Waals surface area contributed by atoms with Gasteiger partial charge >= 0.3 is 0 Å². The van der Waals surface area contributed by atoms with Gasteiger partial charge in [-0.25, -0.2) is 0 Å².